The van der Waals surface area contributed by atoms with Crippen LogP contribution in [0.1, 0.15) is 90.9 Å². The largest absolute Gasteiger partial charge is 0.481 e. The Hall–Kier alpha value is -3.14. The van der Waals surface area contributed by atoms with Crippen LogP contribution in [0.5, 0.6) is 0 Å². The summed E-state index contributed by atoms with van der Waals surface area (Å²) in [5.74, 6) is -5.99. The molecule has 0 amide bonds. The lowest BCUT2D eigenvalue weighted by Gasteiger charge is -2.45. The Morgan fingerprint density at radius 1 is 0.742 bits per heavy atom. The number of fused-ring (bicyclic) bond motifs is 2. The van der Waals surface area contributed by atoms with Gasteiger partial charge in [0.25, 0.3) is 0 Å². The number of allylic oxidation sites excluding steroid dienone is 10. The molecule has 2 bridgehead atoms. The lowest BCUT2D eigenvalue weighted by atomic mass is 9.83. The second-order valence-corrected chi connectivity index (χ2v) is 16.8. The van der Waals surface area contributed by atoms with Crippen LogP contribution >= 0.6 is 0 Å². The number of aliphatic carboxylic acids is 1. The van der Waals surface area contributed by atoms with Gasteiger partial charge in [0.15, 0.2) is 12.1 Å². The van der Waals surface area contributed by atoms with Crippen molar-refractivity contribution >= 4 is 11.9 Å². The van der Waals surface area contributed by atoms with Crippen LogP contribution in [0.2, 0.25) is 0 Å². The maximum atomic E-state index is 12.5. The fourth-order valence-electron chi connectivity index (χ4n) is 7.67. The normalized spacial score (nSPS) is 43.2. The molecule has 7 unspecified atom stereocenters. The lowest BCUT2D eigenvalue weighted by molar-refractivity contribution is -0.305. The van der Waals surface area contributed by atoms with Gasteiger partial charge in [0, 0.05) is 31.6 Å². The summed E-state index contributed by atoms with van der Waals surface area (Å²) in [6, 6.07) is -1.09. The van der Waals surface area contributed by atoms with Gasteiger partial charge >= 0.3 is 11.9 Å². The quantitative estimate of drug-likeness (QED) is 0.178. The van der Waals surface area contributed by atoms with E-state index in [0.29, 0.717) is 0 Å². The van der Waals surface area contributed by atoms with E-state index in [-0.39, 0.29) is 57.5 Å². The van der Waals surface area contributed by atoms with E-state index in [2.05, 4.69) is 0 Å². The molecule has 2 saturated heterocycles. The number of carbonyl (C=O) groups excluding carboxylic acids is 1. The van der Waals surface area contributed by atoms with Crippen LogP contribution in [0.25, 0.3) is 0 Å². The molecule has 17 nitrogen and oxygen atoms in total. The highest BCUT2D eigenvalue weighted by atomic mass is 16.7. The Kier molecular flexibility index (Phi) is 23.4. The Bertz CT molecular complexity index is 1520. The fraction of sp³-hybridized carbons (Fsp3) is 0.689. The summed E-state index contributed by atoms with van der Waals surface area (Å²) < 4.78 is 22.8. The number of carboxylic acid groups (broad SMARTS) is 1. The van der Waals surface area contributed by atoms with Gasteiger partial charge in [0.1, 0.15) is 18.1 Å². The van der Waals surface area contributed by atoms with Crippen molar-refractivity contribution in [2.24, 2.45) is 17.6 Å². The van der Waals surface area contributed by atoms with Gasteiger partial charge in [-0.15, -0.1) is 0 Å². The van der Waals surface area contributed by atoms with E-state index < -0.39 is 122 Å². The Balaban J connectivity index is 1.78. The summed E-state index contributed by atoms with van der Waals surface area (Å²) in [6.45, 7) is 3.26. The Morgan fingerprint density at radius 2 is 1.35 bits per heavy atom. The van der Waals surface area contributed by atoms with Crippen LogP contribution in [0.3, 0.4) is 0 Å². The Morgan fingerprint density at radius 3 is 2.05 bits per heavy atom. The zero-order chi connectivity index (χ0) is 45.8. The van der Waals surface area contributed by atoms with Crippen LogP contribution in [-0.2, 0) is 28.5 Å². The molecule has 62 heavy (non-hydrogen) atoms. The van der Waals surface area contributed by atoms with E-state index >= 15 is 0 Å². The van der Waals surface area contributed by atoms with E-state index in [1.807, 2.05) is 49.5 Å². The minimum Gasteiger partial charge on any atom is -0.481 e. The van der Waals surface area contributed by atoms with Crippen molar-refractivity contribution in [3.8, 4) is 0 Å². The predicted octanol–water partition coefficient (Wildman–Crippen LogP) is 1.33. The molecule has 3 aliphatic heterocycles. The molecular weight excluding hydrogens is 810 g/mol. The van der Waals surface area contributed by atoms with Crippen molar-refractivity contribution in [1.29, 1.82) is 0 Å². The van der Waals surface area contributed by atoms with Crippen molar-refractivity contribution in [1.82, 2.24) is 0 Å². The molecule has 0 aromatic carbocycles. The van der Waals surface area contributed by atoms with Gasteiger partial charge in [-0.3, -0.25) is 9.59 Å². The zero-order valence-electron chi connectivity index (χ0n) is 35.8. The number of carboxylic acids is 1. The molecule has 352 valence electrons. The summed E-state index contributed by atoms with van der Waals surface area (Å²) in [5, 5.41) is 106. The van der Waals surface area contributed by atoms with E-state index in [4.69, 9.17) is 24.7 Å². The second kappa shape index (κ2) is 27.2. The molecule has 12 N–H and O–H groups in total. The molecular formula is C45H71NO16. The number of aliphatic hydroxyl groups is 9. The summed E-state index contributed by atoms with van der Waals surface area (Å²) >= 11 is 0. The number of hydrogen-bond acceptors (Lipinski definition) is 16. The SMILES string of the molecule is C[C@H]1C[C@H](O)[C@@H](C)/C=C/C=C/CC/C=C/C=C/C=C/C=C/C(OC2OC[C@@H](O)[C@H](N)[C@H]2O)C[C@@H]2OC(O)(CC(O)CCCC(O)CC(O)CC(O)CC(=O)O1)C[C@H](O)[C@H]2C(=O)O. The molecule has 3 heterocycles. The van der Waals surface area contributed by atoms with Crippen LogP contribution in [0, 0.1) is 11.8 Å². The Labute approximate surface area is 364 Å². The maximum Gasteiger partial charge on any atom is 0.311 e. The molecule has 0 aliphatic carbocycles. The van der Waals surface area contributed by atoms with Crippen LogP contribution in [0.4, 0.5) is 0 Å². The summed E-state index contributed by atoms with van der Waals surface area (Å²) in [4.78, 5) is 24.9. The number of cyclic esters (lactones) is 1. The average molecular weight is 882 g/mol. The van der Waals surface area contributed by atoms with Gasteiger partial charge in [-0.25, -0.2) is 0 Å². The number of aliphatic hydroxyl groups excluding tert-OH is 8. The van der Waals surface area contributed by atoms with Gasteiger partial charge in [-0.1, -0.05) is 79.8 Å². The molecule has 0 spiro atoms. The first-order valence-corrected chi connectivity index (χ1v) is 21.7. The van der Waals surface area contributed by atoms with E-state index in [0.717, 1.165) is 12.8 Å². The molecule has 17 heteroatoms. The third kappa shape index (κ3) is 19.3. The van der Waals surface area contributed by atoms with Crippen molar-refractivity contribution < 1.29 is 79.6 Å². The van der Waals surface area contributed by atoms with Crippen molar-refractivity contribution in [3.05, 3.63) is 72.9 Å². The first kappa shape index (κ1) is 53.2. The van der Waals surface area contributed by atoms with Gasteiger partial charge < -0.3 is 75.7 Å². The molecule has 3 aliphatic rings. The fourth-order valence-corrected chi connectivity index (χ4v) is 7.67. The molecule has 0 aromatic heterocycles. The number of rotatable bonds is 3. The van der Waals surface area contributed by atoms with E-state index in [1.54, 1.807) is 37.3 Å². The van der Waals surface area contributed by atoms with Crippen molar-refractivity contribution in [2.75, 3.05) is 6.61 Å². The molecule has 3 rings (SSSR count). The number of esters is 1. The summed E-state index contributed by atoms with van der Waals surface area (Å²) in [7, 11) is 0. The van der Waals surface area contributed by atoms with Gasteiger partial charge in [0.2, 0.25) is 0 Å². The van der Waals surface area contributed by atoms with Gasteiger partial charge in [-0.05, 0) is 51.9 Å². The van der Waals surface area contributed by atoms with E-state index in [9.17, 15) is 60.7 Å². The predicted molar refractivity (Wildman–Crippen MR) is 227 cm³/mol. The van der Waals surface area contributed by atoms with Crippen LogP contribution in [0.15, 0.2) is 72.9 Å². The number of hydrogen-bond donors (Lipinski definition) is 11. The third-order valence-electron chi connectivity index (χ3n) is 11.1. The standard InChI is InChI=1S/C45H71NO16/c1-28-16-13-11-9-7-5-3-4-6-8-10-12-14-19-34(61-44-42(55)41(46)37(53)27-59-44)24-38-40(43(56)57)36(52)26-45(58,62-38)25-31(48)18-15-17-30(47)21-32(49)22-33(50)23-39(54)60-29(2)20-35(28)51/h3-4,6,8-14,16,19,28-38,40-42,44,47-53,55,58H,5,7,15,17-18,20-27,46H2,1-2H3,(H,56,57)/b4-3+,8-6+,11-9+,12-10+,16-13+,19-14+/t28-,29-,30?,31?,32?,33?,34?,35-,36-,37+,38-,40+,41-,42+,44?,45?/m0/s1. The van der Waals surface area contributed by atoms with E-state index in [1.165, 1.54) is 0 Å². The minimum absolute atomic E-state index is 0.0590. The average Bonchev–Trinajstić information content (AvgIpc) is 3.16. The zero-order valence-corrected chi connectivity index (χ0v) is 35.8. The van der Waals surface area contributed by atoms with Gasteiger partial charge in [-0.2, -0.15) is 0 Å². The molecule has 2 fully saturated rings. The number of nitrogens with two attached hydrogens (primary N) is 1. The topological polar surface area (TPSA) is 299 Å². The summed E-state index contributed by atoms with van der Waals surface area (Å²) in [6.07, 6.45) is 7.94. The van der Waals surface area contributed by atoms with Crippen LogP contribution < -0.4 is 5.73 Å². The molecule has 0 aromatic rings. The highest BCUT2D eigenvalue weighted by Gasteiger charge is 2.50. The monoisotopic (exact) mass is 881 g/mol. The maximum absolute atomic E-state index is 12.5. The summed E-state index contributed by atoms with van der Waals surface area (Å²) in [5.41, 5.74) is 5.94. The molecule has 0 radical (unpaired) electrons. The highest BCUT2D eigenvalue weighted by Crippen LogP contribution is 2.38. The lowest BCUT2D eigenvalue weighted by Crippen LogP contribution is -2.59. The third-order valence-corrected chi connectivity index (χ3v) is 11.1. The smallest absolute Gasteiger partial charge is 0.311 e. The highest BCUT2D eigenvalue weighted by molar-refractivity contribution is 5.71. The number of carbonyl (C=O) groups is 2. The minimum atomic E-state index is -2.17. The van der Waals surface area contributed by atoms with Gasteiger partial charge in [0.05, 0.1) is 74.0 Å². The first-order chi connectivity index (χ1) is 29.4. The second-order valence-electron chi connectivity index (χ2n) is 16.8. The van der Waals surface area contributed by atoms with Crippen molar-refractivity contribution in [2.45, 2.75) is 176 Å². The first-order valence-electron chi connectivity index (χ1n) is 21.7. The van der Waals surface area contributed by atoms with Crippen LogP contribution in [-0.4, -0.2) is 155 Å². The molecule has 16 atom stereocenters. The molecule has 0 saturated carbocycles. The number of ether oxygens (including phenoxy) is 4. The van der Waals surface area contributed by atoms with Crippen molar-refractivity contribution in [3.63, 3.8) is 0 Å².